The van der Waals surface area contributed by atoms with Crippen LogP contribution >= 0.6 is 0 Å². The number of hydrogen-bond acceptors (Lipinski definition) is 4. The molecule has 0 saturated carbocycles. The van der Waals surface area contributed by atoms with Gasteiger partial charge < -0.3 is 14.9 Å². The second-order valence-corrected chi connectivity index (χ2v) is 7.64. The average Bonchev–Trinajstić information content (AvgIpc) is 3.33. The monoisotopic (exact) mass is 398 g/mol. The first-order chi connectivity index (χ1) is 14.0. The Labute approximate surface area is 166 Å². The molecule has 0 aliphatic carbocycles. The molecule has 3 aromatic rings. The third-order valence-electron chi connectivity index (χ3n) is 5.76. The molecule has 29 heavy (non-hydrogen) atoms. The molecule has 0 spiro atoms. The molecule has 0 radical (unpaired) electrons. The van der Waals surface area contributed by atoms with E-state index in [1.54, 1.807) is 9.30 Å². The molecule has 1 atom stereocenters. The Bertz CT molecular complexity index is 1090. The zero-order chi connectivity index (χ0) is 20.1. The van der Waals surface area contributed by atoms with Crippen molar-refractivity contribution in [3.8, 4) is 0 Å². The number of carbonyl (C=O) groups is 1. The zero-order valence-electron chi connectivity index (χ0n) is 15.6. The van der Waals surface area contributed by atoms with Gasteiger partial charge in [-0.25, -0.2) is 13.8 Å². The van der Waals surface area contributed by atoms with Crippen molar-refractivity contribution in [3.05, 3.63) is 65.6 Å². The van der Waals surface area contributed by atoms with Crippen molar-refractivity contribution in [1.82, 2.24) is 14.3 Å². The van der Waals surface area contributed by atoms with Gasteiger partial charge in [0.15, 0.2) is 0 Å². The summed E-state index contributed by atoms with van der Waals surface area (Å²) in [6.45, 7) is 1.35. The molecule has 2 aliphatic rings. The number of likely N-dealkylation sites (tertiary alicyclic amines) is 1. The third kappa shape index (κ3) is 3.04. The molecule has 2 fully saturated rings. The van der Waals surface area contributed by atoms with Crippen molar-refractivity contribution in [2.24, 2.45) is 0 Å². The highest BCUT2D eigenvalue weighted by Gasteiger charge is 2.32. The van der Waals surface area contributed by atoms with Gasteiger partial charge in [0.2, 0.25) is 0 Å². The van der Waals surface area contributed by atoms with Crippen molar-refractivity contribution in [2.45, 2.75) is 25.0 Å². The van der Waals surface area contributed by atoms with Crippen molar-refractivity contribution < 1.29 is 18.7 Å². The highest BCUT2D eigenvalue weighted by molar-refractivity contribution is 5.94. The van der Waals surface area contributed by atoms with Crippen LogP contribution in [0, 0.1) is 11.6 Å². The molecule has 5 rings (SSSR count). The maximum Gasteiger partial charge on any atom is 0.272 e. The van der Waals surface area contributed by atoms with Crippen LogP contribution in [0.3, 0.4) is 0 Å². The maximum absolute atomic E-state index is 14.4. The number of halogens is 2. The molecule has 8 heteroatoms. The normalized spacial score (nSPS) is 19.8. The predicted molar refractivity (Wildman–Crippen MR) is 103 cm³/mol. The Morgan fingerprint density at radius 3 is 2.79 bits per heavy atom. The summed E-state index contributed by atoms with van der Waals surface area (Å²) in [5.74, 6) is -1.06. The number of aliphatic hydroxyl groups is 1. The van der Waals surface area contributed by atoms with Crippen molar-refractivity contribution in [3.63, 3.8) is 0 Å². The number of aliphatic hydroxyl groups excluding tert-OH is 1. The highest BCUT2D eigenvalue weighted by atomic mass is 19.1. The molecular weight excluding hydrogens is 378 g/mol. The number of nitrogens with zero attached hydrogens (tertiary/aromatic N) is 4. The van der Waals surface area contributed by atoms with E-state index in [1.807, 2.05) is 23.2 Å². The van der Waals surface area contributed by atoms with Crippen molar-refractivity contribution in [2.75, 3.05) is 24.5 Å². The van der Waals surface area contributed by atoms with Crippen LogP contribution in [-0.2, 0) is 0 Å². The van der Waals surface area contributed by atoms with Gasteiger partial charge in [-0.15, -0.1) is 0 Å². The molecule has 6 nitrogen and oxygen atoms in total. The summed E-state index contributed by atoms with van der Waals surface area (Å²) in [6.07, 6.45) is 4.46. The van der Waals surface area contributed by atoms with E-state index in [2.05, 4.69) is 4.98 Å². The van der Waals surface area contributed by atoms with E-state index in [-0.39, 0.29) is 11.9 Å². The number of aromatic nitrogens is 2. The maximum atomic E-state index is 14.4. The Morgan fingerprint density at radius 1 is 1.17 bits per heavy atom. The Morgan fingerprint density at radius 2 is 2.00 bits per heavy atom. The van der Waals surface area contributed by atoms with Crippen LogP contribution in [0.15, 0.2) is 42.7 Å². The lowest BCUT2D eigenvalue weighted by Gasteiger charge is -2.35. The first-order valence-electron chi connectivity index (χ1n) is 9.67. The fourth-order valence-corrected chi connectivity index (χ4v) is 4.25. The van der Waals surface area contributed by atoms with Crippen LogP contribution in [0.5, 0.6) is 0 Å². The van der Waals surface area contributed by atoms with E-state index >= 15 is 0 Å². The van der Waals surface area contributed by atoms with E-state index in [0.717, 1.165) is 24.6 Å². The van der Waals surface area contributed by atoms with E-state index in [4.69, 9.17) is 0 Å². The highest BCUT2D eigenvalue weighted by Crippen LogP contribution is 2.37. The lowest BCUT2D eigenvalue weighted by molar-refractivity contribution is 0.00543. The number of imidazole rings is 1. The van der Waals surface area contributed by atoms with Crippen LogP contribution in [0.1, 0.15) is 34.9 Å². The minimum Gasteiger partial charge on any atom is -0.389 e. The fourth-order valence-electron chi connectivity index (χ4n) is 4.25. The summed E-state index contributed by atoms with van der Waals surface area (Å²) in [5.41, 5.74) is 2.21. The van der Waals surface area contributed by atoms with Gasteiger partial charge in [0, 0.05) is 31.4 Å². The number of anilines is 1. The fraction of sp³-hybridized carbons (Fsp3) is 0.333. The second-order valence-electron chi connectivity index (χ2n) is 7.64. The number of carbonyl (C=O) groups excluding carboxylic acids is 1. The minimum absolute atomic E-state index is 0.186. The molecule has 150 valence electrons. The largest absolute Gasteiger partial charge is 0.389 e. The SMILES string of the molecule is O=C(c1cnc2ccc(N3CCC[C@H]3c3cc(F)ccc3F)cn12)N1CC(O)C1. The van der Waals surface area contributed by atoms with Crippen molar-refractivity contribution >= 4 is 17.2 Å². The molecule has 2 saturated heterocycles. The van der Waals surface area contributed by atoms with Gasteiger partial charge in [-0.2, -0.15) is 0 Å². The van der Waals surface area contributed by atoms with Crippen molar-refractivity contribution in [1.29, 1.82) is 0 Å². The summed E-state index contributed by atoms with van der Waals surface area (Å²) in [7, 11) is 0. The quantitative estimate of drug-likeness (QED) is 0.737. The van der Waals surface area contributed by atoms with Crippen LogP contribution in [0.25, 0.3) is 5.65 Å². The van der Waals surface area contributed by atoms with Gasteiger partial charge in [-0.3, -0.25) is 9.20 Å². The summed E-state index contributed by atoms with van der Waals surface area (Å²) >= 11 is 0. The number of β-amino-alcohol motifs (C(OH)–C–C–N with tert-alkyl or cyclic N) is 1. The Balaban J connectivity index is 1.50. The molecule has 0 unspecified atom stereocenters. The van der Waals surface area contributed by atoms with E-state index < -0.39 is 17.7 Å². The number of amides is 1. The first-order valence-corrected chi connectivity index (χ1v) is 9.67. The van der Waals surface area contributed by atoms with E-state index in [9.17, 15) is 18.7 Å². The predicted octanol–water partition coefficient (Wildman–Crippen LogP) is 2.77. The van der Waals surface area contributed by atoms with Gasteiger partial charge in [0.05, 0.1) is 24.0 Å². The lowest BCUT2D eigenvalue weighted by atomic mass is 10.0. The average molecular weight is 398 g/mol. The molecular formula is C21H20F2N4O2. The molecule has 4 heterocycles. The minimum atomic E-state index is -0.472. The summed E-state index contributed by atoms with van der Waals surface area (Å²) in [6, 6.07) is 6.99. The smallest absolute Gasteiger partial charge is 0.272 e. The van der Waals surface area contributed by atoms with E-state index in [1.165, 1.54) is 18.3 Å². The summed E-state index contributed by atoms with van der Waals surface area (Å²) < 4.78 is 29.8. The molecule has 2 aromatic heterocycles. The van der Waals surface area contributed by atoms with Crippen LogP contribution in [0.2, 0.25) is 0 Å². The topological polar surface area (TPSA) is 61.1 Å². The van der Waals surface area contributed by atoms with Crippen LogP contribution in [-0.4, -0.2) is 51.0 Å². The standard InChI is InChI=1S/C21H20F2N4O2/c22-13-3-5-17(23)16(8-13)18-2-1-7-26(18)14-4-6-20-24-9-19(27(20)10-14)21(29)25-11-15(28)12-25/h3-6,8-10,15,18,28H,1-2,7,11-12H2/t18-/m0/s1. The number of fused-ring (bicyclic) bond motifs is 1. The number of pyridine rings is 1. The van der Waals surface area contributed by atoms with Gasteiger partial charge in [0.25, 0.3) is 5.91 Å². The van der Waals surface area contributed by atoms with Gasteiger partial charge in [0.1, 0.15) is 23.0 Å². The van der Waals surface area contributed by atoms with Gasteiger partial charge in [-0.1, -0.05) is 0 Å². The molecule has 1 aromatic carbocycles. The van der Waals surface area contributed by atoms with Gasteiger partial charge >= 0.3 is 0 Å². The zero-order valence-corrected chi connectivity index (χ0v) is 15.6. The Kier molecular flexibility index (Phi) is 4.24. The van der Waals surface area contributed by atoms with Crippen LogP contribution < -0.4 is 4.90 Å². The molecule has 1 N–H and O–H groups in total. The molecule has 2 aliphatic heterocycles. The number of rotatable bonds is 3. The lowest BCUT2D eigenvalue weighted by Crippen LogP contribution is -2.53. The number of hydrogen-bond donors (Lipinski definition) is 1. The van der Waals surface area contributed by atoms with E-state index in [0.29, 0.717) is 36.5 Å². The number of benzene rings is 1. The molecule has 0 bridgehead atoms. The van der Waals surface area contributed by atoms with Gasteiger partial charge in [-0.05, 0) is 43.2 Å². The summed E-state index contributed by atoms with van der Waals surface area (Å²) in [4.78, 5) is 20.6. The summed E-state index contributed by atoms with van der Waals surface area (Å²) in [5, 5.41) is 9.46. The second kappa shape index (κ2) is 6.81. The Hall–Kier alpha value is -3.00. The van der Waals surface area contributed by atoms with Crippen LogP contribution in [0.4, 0.5) is 14.5 Å². The third-order valence-corrected chi connectivity index (χ3v) is 5.76. The first kappa shape index (κ1) is 18.1. The molecule has 1 amide bonds.